The van der Waals surface area contributed by atoms with Crippen molar-refractivity contribution < 1.29 is 113 Å². The molecule has 7 heavy (non-hydrogen) atoms. The Morgan fingerprint density at radius 1 is 0.429 bits per heavy atom. The SMILES string of the molecule is [C+4].[Cl-].[Cl-].[Cl-].[Cl-].[Cl-].[K+]. The predicted molar refractivity (Wildman–Crippen MR) is 3.24 cm³/mol. The summed E-state index contributed by atoms with van der Waals surface area (Å²) in [5.41, 5.74) is 0. The van der Waals surface area contributed by atoms with Crippen LogP contribution in [0, 0.1) is 7.43 Å². The van der Waals surface area contributed by atoms with Crippen LogP contribution in [0.3, 0.4) is 0 Å². The van der Waals surface area contributed by atoms with E-state index in [-0.39, 0.29) is 121 Å². The Morgan fingerprint density at radius 3 is 0.429 bits per heavy atom. The molecular weight excluding hydrogens is 228 g/mol. The van der Waals surface area contributed by atoms with Crippen LogP contribution in [0.5, 0.6) is 0 Å². The molecule has 0 aromatic rings. The fourth-order valence-electron chi connectivity index (χ4n) is 0. The van der Waals surface area contributed by atoms with Crippen molar-refractivity contribution in [3.05, 3.63) is 7.43 Å². The minimum atomic E-state index is 0. The molecular formula is CCl5K. The van der Waals surface area contributed by atoms with Crippen LogP contribution in [0.15, 0.2) is 0 Å². The summed E-state index contributed by atoms with van der Waals surface area (Å²) in [6.45, 7) is 0. The van der Waals surface area contributed by atoms with E-state index in [0.29, 0.717) is 0 Å². The first-order chi connectivity index (χ1) is 0. The smallest absolute Gasteiger partial charge is 1.00 e. The fraction of sp³-hybridized carbons (Fsp3) is 0. The molecule has 6 heteroatoms. The van der Waals surface area contributed by atoms with E-state index in [1.165, 1.54) is 0 Å². The standard InChI is InChI=1S/C.5ClH.K/h;5*1H;/q+4;;;;;;+1/p-5. The molecule has 0 atom stereocenters. The third-order valence-corrected chi connectivity index (χ3v) is 0. The first-order valence-corrected chi connectivity index (χ1v) is 0. The van der Waals surface area contributed by atoms with Gasteiger partial charge in [-0.05, 0) is 0 Å². The summed E-state index contributed by atoms with van der Waals surface area (Å²) in [5, 5.41) is 0. The van der Waals surface area contributed by atoms with Gasteiger partial charge in [0.05, 0.1) is 0 Å². The molecule has 0 aliphatic rings. The maximum Gasteiger partial charge on any atom is 4.00 e. The molecule has 0 radical (unpaired) electrons. The summed E-state index contributed by atoms with van der Waals surface area (Å²) in [6, 6.07) is 0. The molecule has 0 saturated carbocycles. The Morgan fingerprint density at radius 2 is 0.429 bits per heavy atom. The molecule has 0 aromatic carbocycles. The minimum Gasteiger partial charge on any atom is -1.00 e. The van der Waals surface area contributed by atoms with Gasteiger partial charge in [-0.25, -0.2) is 0 Å². The van der Waals surface area contributed by atoms with Crippen LogP contribution < -0.4 is 113 Å². The molecule has 0 saturated heterocycles. The third-order valence-electron chi connectivity index (χ3n) is 0. The first-order valence-electron chi connectivity index (χ1n) is 0. The van der Waals surface area contributed by atoms with Gasteiger partial charge in [0.2, 0.25) is 0 Å². The zero-order chi connectivity index (χ0) is 0. The summed E-state index contributed by atoms with van der Waals surface area (Å²) in [4.78, 5) is 0. The summed E-state index contributed by atoms with van der Waals surface area (Å²) in [5.74, 6) is 0. The van der Waals surface area contributed by atoms with Gasteiger partial charge < -0.3 is 62.0 Å². The Labute approximate surface area is 118 Å². The van der Waals surface area contributed by atoms with Crippen LogP contribution in [0.2, 0.25) is 0 Å². The van der Waals surface area contributed by atoms with Crippen molar-refractivity contribution in [2.45, 2.75) is 0 Å². The van der Waals surface area contributed by atoms with E-state index < -0.39 is 0 Å². The maximum absolute atomic E-state index is 0. The molecule has 40 valence electrons. The predicted octanol–water partition coefficient (Wildman–Crippen LogP) is -17.9. The Bertz CT molecular complexity index is 8.04. The summed E-state index contributed by atoms with van der Waals surface area (Å²) >= 11 is 0. The Balaban J connectivity index is 0. The fourth-order valence-corrected chi connectivity index (χ4v) is 0. The van der Waals surface area contributed by atoms with Gasteiger partial charge in [-0.1, -0.05) is 0 Å². The third kappa shape index (κ3) is 47.9. The molecule has 0 aliphatic carbocycles. The second kappa shape index (κ2) is 62.4. The van der Waals surface area contributed by atoms with Crippen LogP contribution in [0.4, 0.5) is 0 Å². The number of rotatable bonds is 0. The van der Waals surface area contributed by atoms with Gasteiger partial charge in [0.1, 0.15) is 0 Å². The van der Waals surface area contributed by atoms with Gasteiger partial charge in [0.15, 0.2) is 0 Å². The Kier molecular flexibility index (Phi) is 779. The van der Waals surface area contributed by atoms with Crippen molar-refractivity contribution in [3.8, 4) is 0 Å². The summed E-state index contributed by atoms with van der Waals surface area (Å²) < 4.78 is 0. The second-order valence-corrected chi connectivity index (χ2v) is 0. The monoisotopic (exact) mass is 226 g/mol. The molecule has 0 bridgehead atoms. The number of halogens is 5. The van der Waals surface area contributed by atoms with E-state index >= 15 is 0 Å². The van der Waals surface area contributed by atoms with E-state index in [9.17, 15) is 0 Å². The van der Waals surface area contributed by atoms with Crippen LogP contribution in [0.1, 0.15) is 0 Å². The largest absolute Gasteiger partial charge is 4.00 e. The van der Waals surface area contributed by atoms with Crippen LogP contribution in [0.25, 0.3) is 0 Å². The van der Waals surface area contributed by atoms with Gasteiger partial charge >= 0.3 is 58.8 Å². The van der Waals surface area contributed by atoms with Gasteiger partial charge in [0, 0.05) is 0 Å². The molecule has 0 heterocycles. The van der Waals surface area contributed by atoms with Gasteiger partial charge in [-0.15, -0.1) is 0 Å². The van der Waals surface area contributed by atoms with Crippen molar-refractivity contribution in [2.24, 2.45) is 0 Å². The number of hydrogen-bond acceptors (Lipinski definition) is 0. The van der Waals surface area contributed by atoms with Crippen LogP contribution in [-0.4, -0.2) is 0 Å². The number of hydrogen-bond donors (Lipinski definition) is 0. The topological polar surface area (TPSA) is 0 Å². The molecule has 0 aromatic heterocycles. The van der Waals surface area contributed by atoms with E-state index in [1.54, 1.807) is 0 Å². The van der Waals surface area contributed by atoms with E-state index in [1.807, 2.05) is 0 Å². The molecule has 0 amide bonds. The van der Waals surface area contributed by atoms with Crippen molar-refractivity contribution in [3.63, 3.8) is 0 Å². The van der Waals surface area contributed by atoms with E-state index in [0.717, 1.165) is 0 Å². The first kappa shape index (κ1) is 87.4. The minimum absolute atomic E-state index is 0. The van der Waals surface area contributed by atoms with Gasteiger partial charge in [0.25, 0.3) is 0 Å². The van der Waals surface area contributed by atoms with Crippen LogP contribution in [-0.2, 0) is 0 Å². The molecule has 0 fully saturated rings. The Hall–Kier alpha value is 3.09. The quantitative estimate of drug-likeness (QED) is 0.361. The molecule has 0 spiro atoms. The summed E-state index contributed by atoms with van der Waals surface area (Å²) in [6.07, 6.45) is 0. The average molecular weight is 228 g/mol. The molecule has 0 nitrogen and oxygen atoms in total. The van der Waals surface area contributed by atoms with Crippen molar-refractivity contribution >= 4 is 0 Å². The van der Waals surface area contributed by atoms with E-state index in [2.05, 4.69) is 0 Å². The maximum atomic E-state index is 0. The van der Waals surface area contributed by atoms with Gasteiger partial charge in [-0.3, -0.25) is 0 Å². The van der Waals surface area contributed by atoms with E-state index in [4.69, 9.17) is 0 Å². The van der Waals surface area contributed by atoms with Crippen molar-refractivity contribution in [1.82, 2.24) is 0 Å². The van der Waals surface area contributed by atoms with Crippen LogP contribution >= 0.6 is 0 Å². The molecule has 0 N–H and O–H groups in total. The van der Waals surface area contributed by atoms with Crippen molar-refractivity contribution in [2.75, 3.05) is 0 Å². The second-order valence-electron chi connectivity index (χ2n) is 0. The molecule has 0 unspecified atom stereocenters. The summed E-state index contributed by atoms with van der Waals surface area (Å²) in [7, 11) is 0. The molecule has 0 rings (SSSR count). The molecule has 0 aliphatic heterocycles. The van der Waals surface area contributed by atoms with Gasteiger partial charge in [-0.2, -0.15) is 0 Å². The average Bonchev–Trinajstić information content (AvgIpc) is 0. The zero-order valence-corrected chi connectivity index (χ0v) is 10.3. The zero-order valence-electron chi connectivity index (χ0n) is 3.39. The van der Waals surface area contributed by atoms with Crippen molar-refractivity contribution in [1.29, 1.82) is 0 Å². The normalized spacial score (nSPS) is 0.